The van der Waals surface area contributed by atoms with Crippen LogP contribution in [0.5, 0.6) is 0 Å². The Morgan fingerprint density at radius 1 is 1.19 bits per heavy atom. The molecule has 12 heteroatoms. The molecule has 37 heavy (non-hydrogen) atoms. The Labute approximate surface area is 211 Å². The molecule has 0 unspecified atom stereocenters. The topological polar surface area (TPSA) is 111 Å². The Morgan fingerprint density at radius 2 is 2.00 bits per heavy atom. The Bertz CT molecular complexity index is 1380. The smallest absolute Gasteiger partial charge is 0.407 e. The second-order valence-corrected chi connectivity index (χ2v) is 9.15. The molecule has 1 fully saturated rings. The molecule has 0 aliphatic carbocycles. The maximum atomic E-state index is 14.6. The van der Waals surface area contributed by atoms with Crippen LogP contribution >= 0.6 is 0 Å². The first kappa shape index (κ1) is 24.3. The van der Waals surface area contributed by atoms with Crippen LogP contribution in [0.25, 0.3) is 22.9 Å². The first-order chi connectivity index (χ1) is 17.9. The number of hydrogen-bond acceptors (Lipinski definition) is 8. The minimum atomic E-state index is -0.591. The standard InChI is InChI=1S/C25H25F2N7O3/c1-15(2)14-36-25(35)29-17-12-33(13-17)24-19(27)10-28-23(30-24)21-9-22(20-7-8-37-32-20)34(31-21)11-16-5-3-4-6-18(16)26/h3-10,15,17H,11-14H2,1-2H3,(H,29,35). The van der Waals surface area contributed by atoms with E-state index in [2.05, 4.69) is 25.5 Å². The van der Waals surface area contributed by atoms with Gasteiger partial charge in [0.15, 0.2) is 17.5 Å². The number of carbonyl (C=O) groups excluding carboxylic acids is 1. The summed E-state index contributed by atoms with van der Waals surface area (Å²) in [4.78, 5) is 22.1. The third kappa shape index (κ3) is 5.42. The number of amides is 1. The van der Waals surface area contributed by atoms with Crippen molar-refractivity contribution in [2.75, 3.05) is 24.6 Å². The number of anilines is 1. The average Bonchev–Trinajstić information content (AvgIpc) is 3.52. The second-order valence-electron chi connectivity index (χ2n) is 9.15. The molecule has 1 amide bonds. The first-order valence-electron chi connectivity index (χ1n) is 11.8. The lowest BCUT2D eigenvalue weighted by molar-refractivity contribution is 0.127. The molecule has 1 aliphatic heterocycles. The number of halogens is 2. The predicted octanol–water partition coefficient (Wildman–Crippen LogP) is 3.89. The molecule has 1 N–H and O–H groups in total. The second kappa shape index (κ2) is 10.3. The van der Waals surface area contributed by atoms with E-state index in [-0.39, 0.29) is 36.0 Å². The Hall–Kier alpha value is -4.35. The molecule has 1 aromatic carbocycles. The van der Waals surface area contributed by atoms with Gasteiger partial charge in [-0.15, -0.1) is 0 Å². The summed E-state index contributed by atoms with van der Waals surface area (Å²) < 4.78 is 40.6. The van der Waals surface area contributed by atoms with Crippen molar-refractivity contribution >= 4 is 11.9 Å². The Morgan fingerprint density at radius 3 is 2.73 bits per heavy atom. The molecule has 4 heterocycles. The molecule has 0 atom stereocenters. The maximum absolute atomic E-state index is 14.6. The van der Waals surface area contributed by atoms with Gasteiger partial charge in [-0.05, 0) is 18.1 Å². The Kier molecular flexibility index (Phi) is 6.80. The van der Waals surface area contributed by atoms with E-state index in [1.807, 2.05) is 13.8 Å². The number of rotatable bonds is 8. The minimum Gasteiger partial charge on any atom is -0.449 e. The van der Waals surface area contributed by atoms with E-state index < -0.39 is 11.9 Å². The fraction of sp³-hybridized carbons (Fsp3) is 0.320. The molecule has 10 nitrogen and oxygen atoms in total. The van der Waals surface area contributed by atoms with Crippen molar-refractivity contribution in [1.29, 1.82) is 0 Å². The van der Waals surface area contributed by atoms with Crippen LogP contribution in [0.3, 0.4) is 0 Å². The third-order valence-corrected chi connectivity index (χ3v) is 5.76. The highest BCUT2D eigenvalue weighted by Crippen LogP contribution is 2.28. The molecule has 0 spiro atoms. The number of nitrogens with zero attached hydrogens (tertiary/aromatic N) is 6. The van der Waals surface area contributed by atoms with Crippen molar-refractivity contribution < 1.29 is 22.8 Å². The van der Waals surface area contributed by atoms with Crippen LogP contribution in [0.4, 0.5) is 19.4 Å². The van der Waals surface area contributed by atoms with Gasteiger partial charge in [-0.25, -0.2) is 23.5 Å². The van der Waals surface area contributed by atoms with E-state index in [0.29, 0.717) is 42.3 Å². The third-order valence-electron chi connectivity index (χ3n) is 5.76. The van der Waals surface area contributed by atoms with Crippen molar-refractivity contribution in [1.82, 2.24) is 30.2 Å². The predicted molar refractivity (Wildman–Crippen MR) is 130 cm³/mol. The minimum absolute atomic E-state index is 0.102. The number of aromatic nitrogens is 5. The van der Waals surface area contributed by atoms with Crippen LogP contribution in [0.2, 0.25) is 0 Å². The Balaban J connectivity index is 1.35. The van der Waals surface area contributed by atoms with E-state index in [4.69, 9.17) is 9.26 Å². The molecule has 192 valence electrons. The molecule has 0 saturated carbocycles. The number of carbonyl (C=O) groups is 1. The molecule has 4 aromatic rings. The van der Waals surface area contributed by atoms with Crippen LogP contribution in [-0.4, -0.2) is 56.7 Å². The molecule has 5 rings (SSSR count). The zero-order chi connectivity index (χ0) is 25.9. The van der Waals surface area contributed by atoms with Gasteiger partial charge >= 0.3 is 6.09 Å². The molecule has 1 saturated heterocycles. The van der Waals surface area contributed by atoms with E-state index in [0.717, 1.165) is 6.20 Å². The number of benzene rings is 1. The van der Waals surface area contributed by atoms with Gasteiger partial charge in [0.05, 0.1) is 31.1 Å². The molecular formula is C25H25F2N7O3. The lowest BCUT2D eigenvalue weighted by atomic mass is 10.1. The average molecular weight is 510 g/mol. The lowest BCUT2D eigenvalue weighted by Gasteiger charge is -2.40. The van der Waals surface area contributed by atoms with Gasteiger partial charge in [0.2, 0.25) is 0 Å². The van der Waals surface area contributed by atoms with Gasteiger partial charge in [0, 0.05) is 24.7 Å². The van der Waals surface area contributed by atoms with Crippen molar-refractivity contribution in [3.8, 4) is 22.9 Å². The monoisotopic (exact) mass is 509 g/mol. The largest absolute Gasteiger partial charge is 0.449 e. The highest BCUT2D eigenvalue weighted by molar-refractivity contribution is 5.68. The summed E-state index contributed by atoms with van der Waals surface area (Å²) in [7, 11) is 0. The van der Waals surface area contributed by atoms with E-state index in [9.17, 15) is 13.6 Å². The van der Waals surface area contributed by atoms with Crippen LogP contribution in [-0.2, 0) is 11.3 Å². The van der Waals surface area contributed by atoms with Gasteiger partial charge in [-0.2, -0.15) is 5.10 Å². The highest BCUT2D eigenvalue weighted by atomic mass is 19.1. The molecule has 3 aromatic heterocycles. The van der Waals surface area contributed by atoms with Gasteiger partial charge in [-0.3, -0.25) is 4.68 Å². The summed E-state index contributed by atoms with van der Waals surface area (Å²) >= 11 is 0. The summed E-state index contributed by atoms with van der Waals surface area (Å²) in [6, 6.07) is 9.58. The summed E-state index contributed by atoms with van der Waals surface area (Å²) in [5.74, 6) is -0.421. The van der Waals surface area contributed by atoms with Crippen molar-refractivity contribution in [3.05, 3.63) is 66.1 Å². The van der Waals surface area contributed by atoms with Gasteiger partial charge in [-0.1, -0.05) is 37.2 Å². The molecule has 0 bridgehead atoms. The zero-order valence-electron chi connectivity index (χ0n) is 20.3. The fourth-order valence-electron chi connectivity index (χ4n) is 3.88. The number of alkyl carbamates (subject to hydrolysis) is 1. The van der Waals surface area contributed by atoms with Gasteiger partial charge in [0.25, 0.3) is 0 Å². The van der Waals surface area contributed by atoms with Crippen LogP contribution < -0.4 is 10.2 Å². The van der Waals surface area contributed by atoms with Gasteiger partial charge < -0.3 is 19.5 Å². The molecule has 1 aliphatic rings. The van der Waals surface area contributed by atoms with E-state index >= 15 is 0 Å². The quantitative estimate of drug-likeness (QED) is 0.381. The van der Waals surface area contributed by atoms with Crippen LogP contribution in [0, 0.1) is 17.6 Å². The van der Waals surface area contributed by atoms with Crippen molar-refractivity contribution in [2.45, 2.75) is 26.4 Å². The summed E-state index contributed by atoms with van der Waals surface area (Å²) in [5, 5.41) is 11.3. The van der Waals surface area contributed by atoms with E-state index in [1.165, 1.54) is 12.3 Å². The molecular weight excluding hydrogens is 484 g/mol. The summed E-state index contributed by atoms with van der Waals surface area (Å²) in [5.41, 5.74) is 1.87. The fourth-order valence-corrected chi connectivity index (χ4v) is 3.88. The number of ether oxygens (including phenoxy) is 1. The van der Waals surface area contributed by atoms with Crippen molar-refractivity contribution in [3.63, 3.8) is 0 Å². The molecule has 0 radical (unpaired) electrons. The van der Waals surface area contributed by atoms with Crippen LogP contribution in [0.1, 0.15) is 19.4 Å². The number of nitrogens with one attached hydrogen (secondary N) is 1. The normalized spacial score (nSPS) is 13.6. The first-order valence-corrected chi connectivity index (χ1v) is 11.8. The summed E-state index contributed by atoms with van der Waals surface area (Å²) in [6.07, 6.45) is 2.01. The maximum Gasteiger partial charge on any atom is 0.407 e. The zero-order valence-corrected chi connectivity index (χ0v) is 20.3. The lowest BCUT2D eigenvalue weighted by Crippen LogP contribution is -2.60. The number of hydrogen-bond donors (Lipinski definition) is 1. The van der Waals surface area contributed by atoms with Crippen molar-refractivity contribution in [2.24, 2.45) is 5.92 Å². The van der Waals surface area contributed by atoms with E-state index in [1.54, 1.807) is 39.9 Å². The summed E-state index contributed by atoms with van der Waals surface area (Å²) in [6.45, 7) is 5.10. The SMILES string of the molecule is CC(C)COC(=O)NC1CN(c2nc(-c3cc(-c4ccon4)n(Cc4ccccc4F)n3)ncc2F)C1. The van der Waals surface area contributed by atoms with Gasteiger partial charge in [0.1, 0.15) is 23.5 Å². The highest BCUT2D eigenvalue weighted by Gasteiger charge is 2.32. The van der Waals surface area contributed by atoms with Crippen LogP contribution in [0.15, 0.2) is 53.4 Å².